The molecule has 35 heavy (non-hydrogen) atoms. The minimum atomic E-state index is -4.26. The van der Waals surface area contributed by atoms with Gasteiger partial charge >= 0.3 is 0 Å². The van der Waals surface area contributed by atoms with Crippen molar-refractivity contribution in [3.8, 4) is 17.2 Å². The Bertz CT molecular complexity index is 1310. The van der Waals surface area contributed by atoms with Gasteiger partial charge in [-0.25, -0.2) is 18.2 Å². The Morgan fingerprint density at radius 1 is 0.971 bits per heavy atom. The molecule has 3 aromatic rings. The summed E-state index contributed by atoms with van der Waals surface area (Å²) in [6.07, 6.45) is 1.39. The van der Waals surface area contributed by atoms with E-state index in [9.17, 15) is 17.6 Å². The van der Waals surface area contributed by atoms with Gasteiger partial charge in [-0.3, -0.25) is 9.10 Å². The van der Waals surface area contributed by atoms with Crippen molar-refractivity contribution >= 4 is 27.8 Å². The largest absolute Gasteiger partial charge is 0.497 e. The number of hydrogen-bond donors (Lipinski definition) is 1. The van der Waals surface area contributed by atoms with E-state index in [1.54, 1.807) is 24.3 Å². The maximum Gasteiger partial charge on any atom is 0.264 e. The molecule has 0 saturated heterocycles. The molecular weight excluding hydrogens is 477 g/mol. The Morgan fingerprint density at radius 3 is 2.34 bits per heavy atom. The van der Waals surface area contributed by atoms with E-state index in [0.29, 0.717) is 17.1 Å². The molecule has 3 aromatic carbocycles. The smallest absolute Gasteiger partial charge is 0.264 e. The molecule has 184 valence electrons. The van der Waals surface area contributed by atoms with Gasteiger partial charge in [-0.15, -0.1) is 0 Å². The van der Waals surface area contributed by atoms with E-state index in [-0.39, 0.29) is 16.3 Å². The lowest BCUT2D eigenvalue weighted by Crippen LogP contribution is -2.39. The number of benzene rings is 3. The van der Waals surface area contributed by atoms with Crippen molar-refractivity contribution in [2.75, 3.05) is 32.2 Å². The van der Waals surface area contributed by atoms with Gasteiger partial charge in [0, 0.05) is 6.07 Å². The van der Waals surface area contributed by atoms with E-state index >= 15 is 0 Å². The molecule has 0 unspecified atom stereocenters. The fourth-order valence-electron chi connectivity index (χ4n) is 3.09. The first-order chi connectivity index (χ1) is 16.8. The molecule has 0 aliphatic heterocycles. The minimum Gasteiger partial charge on any atom is -0.497 e. The number of hydrazone groups is 1. The van der Waals surface area contributed by atoms with Crippen molar-refractivity contribution in [3.05, 3.63) is 78.1 Å². The number of carbonyl (C=O) groups is 1. The SMILES string of the molecule is COc1cccc(/C=N\NC(=O)CN(c2ccc(F)cc2)S(=O)(=O)c2ccc(OC)c(OC)c2)c1. The molecule has 0 heterocycles. The molecule has 11 heteroatoms. The lowest BCUT2D eigenvalue weighted by Gasteiger charge is -2.24. The first-order valence-corrected chi connectivity index (χ1v) is 11.7. The first-order valence-electron chi connectivity index (χ1n) is 10.2. The maximum absolute atomic E-state index is 13.5. The van der Waals surface area contributed by atoms with Crippen LogP contribution in [-0.4, -0.2) is 48.4 Å². The number of halogens is 1. The average Bonchev–Trinajstić information content (AvgIpc) is 2.87. The molecule has 0 spiro atoms. The highest BCUT2D eigenvalue weighted by Gasteiger charge is 2.28. The number of anilines is 1. The number of nitrogens with one attached hydrogen (secondary N) is 1. The summed E-state index contributed by atoms with van der Waals surface area (Å²) in [7, 11) is 0.0676. The second-order valence-corrected chi connectivity index (χ2v) is 8.94. The zero-order valence-corrected chi connectivity index (χ0v) is 20.1. The van der Waals surface area contributed by atoms with Crippen molar-refractivity contribution in [1.82, 2.24) is 5.43 Å². The first kappa shape index (κ1) is 25.5. The molecule has 0 radical (unpaired) electrons. The predicted molar refractivity (Wildman–Crippen MR) is 129 cm³/mol. The van der Waals surface area contributed by atoms with Crippen LogP contribution in [0, 0.1) is 5.82 Å². The van der Waals surface area contributed by atoms with Crippen molar-refractivity contribution in [1.29, 1.82) is 0 Å². The highest BCUT2D eigenvalue weighted by molar-refractivity contribution is 7.92. The summed E-state index contributed by atoms with van der Waals surface area (Å²) >= 11 is 0. The predicted octanol–water partition coefficient (Wildman–Crippen LogP) is 3.20. The quantitative estimate of drug-likeness (QED) is 0.338. The zero-order valence-electron chi connectivity index (χ0n) is 19.3. The van der Waals surface area contributed by atoms with E-state index in [0.717, 1.165) is 16.4 Å². The van der Waals surface area contributed by atoms with Crippen LogP contribution in [0.25, 0.3) is 0 Å². The van der Waals surface area contributed by atoms with Gasteiger partial charge in [0.15, 0.2) is 11.5 Å². The number of amides is 1. The number of rotatable bonds is 10. The Balaban J connectivity index is 1.88. The molecule has 0 atom stereocenters. The van der Waals surface area contributed by atoms with Crippen molar-refractivity contribution in [2.24, 2.45) is 5.10 Å². The van der Waals surface area contributed by atoms with Gasteiger partial charge in [0.25, 0.3) is 15.9 Å². The van der Waals surface area contributed by atoms with E-state index in [4.69, 9.17) is 14.2 Å². The fourth-order valence-corrected chi connectivity index (χ4v) is 4.53. The Kier molecular flexibility index (Phi) is 8.26. The summed E-state index contributed by atoms with van der Waals surface area (Å²) in [5.41, 5.74) is 3.07. The Hall–Kier alpha value is -4.12. The van der Waals surface area contributed by atoms with Crippen LogP contribution in [0.4, 0.5) is 10.1 Å². The summed E-state index contributed by atoms with van der Waals surface area (Å²) in [6.45, 7) is -0.613. The van der Waals surface area contributed by atoms with Crippen LogP contribution < -0.4 is 23.9 Å². The molecule has 0 saturated carbocycles. The Morgan fingerprint density at radius 2 is 1.69 bits per heavy atom. The van der Waals surface area contributed by atoms with Crippen LogP contribution in [0.1, 0.15) is 5.56 Å². The normalized spacial score (nSPS) is 11.2. The van der Waals surface area contributed by atoms with E-state index < -0.39 is 28.3 Å². The second kappa shape index (κ2) is 11.3. The van der Waals surface area contributed by atoms with Gasteiger partial charge in [-0.2, -0.15) is 5.10 Å². The zero-order chi connectivity index (χ0) is 25.4. The number of carbonyl (C=O) groups excluding carboxylic acids is 1. The molecule has 0 aromatic heterocycles. The summed E-state index contributed by atoms with van der Waals surface area (Å²) in [4.78, 5) is 12.5. The highest BCUT2D eigenvalue weighted by Crippen LogP contribution is 2.32. The molecule has 3 rings (SSSR count). The summed E-state index contributed by atoms with van der Waals surface area (Å²) in [5, 5.41) is 3.88. The van der Waals surface area contributed by atoms with Crippen molar-refractivity contribution < 1.29 is 31.8 Å². The topological polar surface area (TPSA) is 107 Å². The molecule has 1 N–H and O–H groups in total. The third-order valence-corrected chi connectivity index (χ3v) is 6.61. The standard InChI is InChI=1S/C24H24FN3O6S/c1-32-20-6-4-5-17(13-20)15-26-27-24(29)16-28(19-9-7-18(25)8-10-19)35(30,31)21-11-12-22(33-2)23(14-21)34-3/h4-15H,16H2,1-3H3,(H,27,29)/b26-15-. The van der Waals surface area contributed by atoms with Crippen LogP contribution in [0.2, 0.25) is 0 Å². The number of methoxy groups -OCH3 is 3. The Labute approximate surface area is 202 Å². The molecule has 0 fully saturated rings. The molecule has 1 amide bonds. The van der Waals surface area contributed by atoms with Crippen LogP contribution in [0.15, 0.2) is 76.7 Å². The number of ether oxygens (including phenoxy) is 3. The van der Waals surface area contributed by atoms with Gasteiger partial charge in [-0.1, -0.05) is 12.1 Å². The van der Waals surface area contributed by atoms with Crippen LogP contribution in [0.5, 0.6) is 17.2 Å². The number of sulfonamides is 1. The van der Waals surface area contributed by atoms with E-state index in [1.165, 1.54) is 57.9 Å². The van der Waals surface area contributed by atoms with Gasteiger partial charge in [-0.05, 0) is 54.1 Å². The van der Waals surface area contributed by atoms with Crippen LogP contribution in [-0.2, 0) is 14.8 Å². The number of hydrogen-bond acceptors (Lipinski definition) is 7. The van der Waals surface area contributed by atoms with Gasteiger partial charge < -0.3 is 14.2 Å². The molecule has 0 aliphatic rings. The fraction of sp³-hybridized carbons (Fsp3) is 0.167. The van der Waals surface area contributed by atoms with Gasteiger partial charge in [0.05, 0.1) is 38.1 Å². The lowest BCUT2D eigenvalue weighted by atomic mass is 10.2. The molecule has 0 aliphatic carbocycles. The van der Waals surface area contributed by atoms with E-state index in [2.05, 4.69) is 10.5 Å². The second-order valence-electron chi connectivity index (χ2n) is 7.07. The van der Waals surface area contributed by atoms with Crippen molar-refractivity contribution in [2.45, 2.75) is 4.90 Å². The van der Waals surface area contributed by atoms with Gasteiger partial charge in [0.2, 0.25) is 0 Å². The summed E-state index contributed by atoms with van der Waals surface area (Å²) in [6, 6.07) is 15.8. The summed E-state index contributed by atoms with van der Waals surface area (Å²) in [5.74, 6) is -0.116. The molecule has 0 bridgehead atoms. The van der Waals surface area contributed by atoms with Crippen LogP contribution in [0.3, 0.4) is 0 Å². The van der Waals surface area contributed by atoms with Gasteiger partial charge in [0.1, 0.15) is 18.1 Å². The number of nitrogens with zero attached hydrogens (tertiary/aromatic N) is 2. The third kappa shape index (κ3) is 6.27. The maximum atomic E-state index is 13.5. The van der Waals surface area contributed by atoms with Crippen LogP contribution >= 0.6 is 0 Å². The lowest BCUT2D eigenvalue weighted by molar-refractivity contribution is -0.119. The van der Waals surface area contributed by atoms with Crippen molar-refractivity contribution in [3.63, 3.8) is 0 Å². The third-order valence-electron chi connectivity index (χ3n) is 4.84. The monoisotopic (exact) mass is 501 g/mol. The average molecular weight is 502 g/mol. The minimum absolute atomic E-state index is 0.0908. The molecule has 9 nitrogen and oxygen atoms in total. The highest BCUT2D eigenvalue weighted by atomic mass is 32.2. The molecular formula is C24H24FN3O6S. The van der Waals surface area contributed by atoms with E-state index in [1.807, 2.05) is 0 Å². The summed E-state index contributed by atoms with van der Waals surface area (Å²) < 4.78 is 56.8.